The lowest BCUT2D eigenvalue weighted by Crippen LogP contribution is -2.43. The molecule has 7 heteroatoms. The summed E-state index contributed by atoms with van der Waals surface area (Å²) < 4.78 is 25.4. The van der Waals surface area contributed by atoms with Gasteiger partial charge in [0.05, 0.1) is 12.0 Å². The average Bonchev–Trinajstić information content (AvgIpc) is 3.20. The summed E-state index contributed by atoms with van der Waals surface area (Å²) in [6, 6.07) is 14.1. The Morgan fingerprint density at radius 3 is 2.74 bits per heavy atom. The number of benzene rings is 2. The minimum Gasteiger partial charge on any atom is -0.489 e. The van der Waals surface area contributed by atoms with Crippen molar-refractivity contribution in [3.05, 3.63) is 59.9 Å². The van der Waals surface area contributed by atoms with Crippen LogP contribution in [0.15, 0.2) is 53.6 Å². The van der Waals surface area contributed by atoms with Crippen LogP contribution < -0.4 is 9.75 Å². The molecule has 0 saturated carbocycles. The van der Waals surface area contributed by atoms with Gasteiger partial charge in [-0.25, -0.2) is 4.39 Å². The maximum atomic E-state index is 14.0. The fourth-order valence-corrected chi connectivity index (χ4v) is 4.75. The predicted octanol–water partition coefficient (Wildman–Crippen LogP) is 3.43. The number of halogens is 1. The van der Waals surface area contributed by atoms with E-state index in [4.69, 9.17) is 14.6 Å². The molecule has 0 N–H and O–H groups in total. The zero-order valence-electron chi connectivity index (χ0n) is 17.5. The fraction of sp³-hybridized carbons (Fsp3) is 0.417. The summed E-state index contributed by atoms with van der Waals surface area (Å²) in [4.78, 5) is 15.3. The summed E-state index contributed by atoms with van der Waals surface area (Å²) in [5.74, 6) is 0.318. The van der Waals surface area contributed by atoms with Gasteiger partial charge in [-0.1, -0.05) is 30.3 Å². The number of carbonyl (C=O) groups is 1. The summed E-state index contributed by atoms with van der Waals surface area (Å²) in [6.45, 7) is 2.54. The van der Waals surface area contributed by atoms with E-state index in [0.717, 1.165) is 31.6 Å². The number of anilines is 1. The van der Waals surface area contributed by atoms with E-state index in [-0.39, 0.29) is 23.7 Å². The first-order chi connectivity index (χ1) is 15.1. The van der Waals surface area contributed by atoms with Crippen molar-refractivity contribution in [2.75, 3.05) is 38.4 Å². The highest BCUT2D eigenvalue weighted by atomic mass is 19.1. The number of nitrogens with zero attached hydrogens (tertiary/aromatic N) is 3. The molecule has 6 nitrogen and oxygen atoms in total. The molecule has 0 spiro atoms. The molecule has 31 heavy (non-hydrogen) atoms. The van der Waals surface area contributed by atoms with E-state index < -0.39 is 0 Å². The van der Waals surface area contributed by atoms with E-state index in [1.54, 1.807) is 16.0 Å². The Kier molecular flexibility index (Phi) is 5.36. The molecule has 5 rings (SSSR count). The second kappa shape index (κ2) is 8.30. The van der Waals surface area contributed by atoms with Crippen molar-refractivity contribution in [2.24, 2.45) is 11.0 Å². The van der Waals surface area contributed by atoms with Crippen LogP contribution in [0.4, 0.5) is 10.1 Å². The Morgan fingerprint density at radius 1 is 1.19 bits per heavy atom. The molecular weight excluding hydrogens is 397 g/mol. The van der Waals surface area contributed by atoms with Gasteiger partial charge in [-0.3, -0.25) is 9.80 Å². The summed E-state index contributed by atoms with van der Waals surface area (Å²) >= 11 is 0. The van der Waals surface area contributed by atoms with E-state index in [1.807, 2.05) is 37.4 Å². The van der Waals surface area contributed by atoms with Crippen LogP contribution in [-0.2, 0) is 9.53 Å². The van der Waals surface area contributed by atoms with Crippen molar-refractivity contribution in [1.82, 2.24) is 4.90 Å². The maximum Gasteiger partial charge on any atom is 0.270 e. The lowest BCUT2D eigenvalue weighted by Gasteiger charge is -2.33. The molecule has 3 heterocycles. The smallest absolute Gasteiger partial charge is 0.270 e. The molecule has 0 bridgehead atoms. The number of ether oxygens (including phenoxy) is 2. The van der Waals surface area contributed by atoms with Crippen LogP contribution >= 0.6 is 0 Å². The molecule has 0 aromatic heterocycles. The minimum absolute atomic E-state index is 0.0901. The number of amides is 1. The molecule has 3 aliphatic heterocycles. The third-order valence-electron chi connectivity index (χ3n) is 6.38. The van der Waals surface area contributed by atoms with Crippen molar-refractivity contribution in [3.63, 3.8) is 0 Å². The van der Waals surface area contributed by atoms with Gasteiger partial charge in [0.2, 0.25) is 0 Å². The van der Waals surface area contributed by atoms with E-state index in [2.05, 4.69) is 0 Å². The normalized spacial score (nSPS) is 22.9. The van der Waals surface area contributed by atoms with Crippen LogP contribution in [0.25, 0.3) is 0 Å². The molecule has 3 aliphatic rings. The number of carbonyl (C=O) groups excluding carboxylic acids is 1. The van der Waals surface area contributed by atoms with Crippen LogP contribution in [0.5, 0.6) is 5.75 Å². The standard InChI is InChI=1S/C24H26FN3O3/c1-27(14-16-9-11-30-12-10-16)24(29)23-22(17-5-3-2-4-6-17)20-15-31-21-8-7-18(25)13-19(21)28(20)26-23/h2-8,13,16,20,22H,9-12,14-15H2,1H3/t20-,22+/m0/s1. The van der Waals surface area contributed by atoms with E-state index >= 15 is 0 Å². The number of hydrazone groups is 1. The Morgan fingerprint density at radius 2 is 1.97 bits per heavy atom. The molecule has 1 saturated heterocycles. The van der Waals surface area contributed by atoms with Crippen LogP contribution in [-0.4, -0.2) is 56.0 Å². The molecule has 0 radical (unpaired) electrons. The number of fused-ring (bicyclic) bond motifs is 3. The summed E-state index contributed by atoms with van der Waals surface area (Å²) in [5, 5.41) is 6.52. The zero-order chi connectivity index (χ0) is 21.4. The van der Waals surface area contributed by atoms with Gasteiger partial charge in [-0.2, -0.15) is 5.10 Å². The maximum absolute atomic E-state index is 14.0. The molecule has 2 atom stereocenters. The molecular formula is C24H26FN3O3. The second-order valence-electron chi connectivity index (χ2n) is 8.45. The van der Waals surface area contributed by atoms with Crippen LogP contribution in [0.2, 0.25) is 0 Å². The van der Waals surface area contributed by atoms with Crippen LogP contribution in [0, 0.1) is 11.7 Å². The molecule has 0 unspecified atom stereocenters. The van der Waals surface area contributed by atoms with E-state index in [1.165, 1.54) is 12.1 Å². The third kappa shape index (κ3) is 3.78. The zero-order valence-corrected chi connectivity index (χ0v) is 17.5. The summed E-state index contributed by atoms with van der Waals surface area (Å²) in [5.41, 5.74) is 2.04. The Labute approximate surface area is 181 Å². The number of rotatable bonds is 4. The highest BCUT2D eigenvalue weighted by Gasteiger charge is 2.46. The largest absolute Gasteiger partial charge is 0.489 e. The van der Waals surface area contributed by atoms with Crippen molar-refractivity contribution in [2.45, 2.75) is 24.8 Å². The molecule has 162 valence electrons. The van der Waals surface area contributed by atoms with Crippen molar-refractivity contribution < 1.29 is 18.7 Å². The monoisotopic (exact) mass is 423 g/mol. The van der Waals surface area contributed by atoms with E-state index in [9.17, 15) is 9.18 Å². The molecule has 2 aromatic rings. The van der Waals surface area contributed by atoms with Gasteiger partial charge in [0.1, 0.15) is 29.6 Å². The summed E-state index contributed by atoms with van der Waals surface area (Å²) in [7, 11) is 1.84. The van der Waals surface area contributed by atoms with Crippen LogP contribution in [0.3, 0.4) is 0 Å². The van der Waals surface area contributed by atoms with Gasteiger partial charge >= 0.3 is 0 Å². The van der Waals surface area contributed by atoms with Gasteiger partial charge in [0, 0.05) is 32.9 Å². The highest BCUT2D eigenvalue weighted by Crippen LogP contribution is 2.43. The predicted molar refractivity (Wildman–Crippen MR) is 116 cm³/mol. The Hall–Kier alpha value is -2.93. The Balaban J connectivity index is 1.48. The molecule has 0 aliphatic carbocycles. The van der Waals surface area contributed by atoms with Gasteiger partial charge in [0.15, 0.2) is 0 Å². The highest BCUT2D eigenvalue weighted by molar-refractivity contribution is 6.42. The second-order valence-corrected chi connectivity index (χ2v) is 8.45. The lowest BCUT2D eigenvalue weighted by molar-refractivity contribution is -0.124. The van der Waals surface area contributed by atoms with Gasteiger partial charge < -0.3 is 14.4 Å². The first-order valence-electron chi connectivity index (χ1n) is 10.8. The molecule has 1 fully saturated rings. The van der Waals surface area contributed by atoms with E-state index in [0.29, 0.717) is 36.2 Å². The van der Waals surface area contributed by atoms with Gasteiger partial charge in [0.25, 0.3) is 5.91 Å². The number of hydrogen-bond acceptors (Lipinski definition) is 5. The molecule has 1 amide bonds. The Bertz CT molecular complexity index is 991. The molecule has 2 aromatic carbocycles. The third-order valence-corrected chi connectivity index (χ3v) is 6.38. The van der Waals surface area contributed by atoms with Gasteiger partial charge in [-0.05, 0) is 36.5 Å². The average molecular weight is 423 g/mol. The van der Waals surface area contributed by atoms with Gasteiger partial charge in [-0.15, -0.1) is 0 Å². The quantitative estimate of drug-likeness (QED) is 0.756. The topological polar surface area (TPSA) is 54.4 Å². The first kappa shape index (κ1) is 20.0. The van der Waals surface area contributed by atoms with Crippen LogP contribution in [0.1, 0.15) is 24.3 Å². The van der Waals surface area contributed by atoms with Crippen molar-refractivity contribution in [1.29, 1.82) is 0 Å². The number of hydrogen-bond donors (Lipinski definition) is 0. The lowest BCUT2D eigenvalue weighted by atomic mass is 9.87. The SMILES string of the molecule is CN(CC1CCOCC1)C(=O)C1=NN2c3cc(F)ccc3OC[C@H]2[C@H]1c1ccccc1. The summed E-state index contributed by atoms with van der Waals surface area (Å²) in [6.07, 6.45) is 1.92. The first-order valence-corrected chi connectivity index (χ1v) is 10.8. The fourth-order valence-electron chi connectivity index (χ4n) is 4.75. The van der Waals surface area contributed by atoms with Crippen molar-refractivity contribution in [3.8, 4) is 5.75 Å². The minimum atomic E-state index is -0.356. The van der Waals surface area contributed by atoms with Crippen molar-refractivity contribution >= 4 is 17.3 Å².